The quantitative estimate of drug-likeness (QED) is 0.395. The molecule has 3 aromatic rings. The van der Waals surface area contributed by atoms with Crippen molar-refractivity contribution in [2.75, 3.05) is 14.1 Å². The maximum Gasteiger partial charge on any atom is 0.201 e. The van der Waals surface area contributed by atoms with Gasteiger partial charge in [-0.15, -0.1) is 0 Å². The Labute approximate surface area is 194 Å². The van der Waals surface area contributed by atoms with Crippen LogP contribution in [0.1, 0.15) is 54.6 Å². The molecule has 0 radical (unpaired) electrons. The Morgan fingerprint density at radius 3 is 1.97 bits per heavy atom. The fraction of sp³-hybridized carbons (Fsp3) is 0.167. The third-order valence-corrected chi connectivity index (χ3v) is 5.95. The zero-order chi connectivity index (χ0) is 23.5. The molecule has 0 aliphatic heterocycles. The van der Waals surface area contributed by atoms with Gasteiger partial charge in [0, 0.05) is 21.2 Å². The molecule has 6 nitrogen and oxygen atoms in total. The van der Waals surface area contributed by atoms with Crippen molar-refractivity contribution in [1.82, 2.24) is 4.90 Å². The molecule has 164 valence electrons. The average molecular weight is 472 g/mol. The normalized spacial score (nSPS) is 13.8. The van der Waals surface area contributed by atoms with Crippen molar-refractivity contribution in [3.05, 3.63) is 85.4 Å². The first-order valence-corrected chi connectivity index (χ1v) is 10.4. The molecule has 0 saturated heterocycles. The highest BCUT2D eigenvalue weighted by Crippen LogP contribution is 2.46. The zero-order valence-electron chi connectivity index (χ0n) is 17.4. The van der Waals surface area contributed by atoms with Crippen LogP contribution in [0.25, 0.3) is 0 Å². The number of carbonyl (C=O) groups excluding carboxylic acids is 2. The number of nitrogens with zero attached hydrogens (tertiary/aromatic N) is 1. The van der Waals surface area contributed by atoms with Crippen molar-refractivity contribution in [2.45, 2.75) is 13.0 Å². The molecule has 0 amide bonds. The molecule has 0 saturated carbocycles. The van der Waals surface area contributed by atoms with Crippen LogP contribution in [-0.4, -0.2) is 45.9 Å². The number of carbonyl (C=O) groups is 2. The summed E-state index contributed by atoms with van der Waals surface area (Å²) in [6, 6.07) is 8.12. The highest BCUT2D eigenvalue weighted by molar-refractivity contribution is 6.34. The van der Waals surface area contributed by atoms with E-state index in [1.165, 1.54) is 18.2 Å². The molecular formula is C24H19Cl2NO5. The van der Waals surface area contributed by atoms with Crippen LogP contribution in [0, 0.1) is 6.92 Å². The lowest BCUT2D eigenvalue weighted by atomic mass is 9.80. The molecule has 4 rings (SSSR count). The van der Waals surface area contributed by atoms with Gasteiger partial charge in [0.05, 0.1) is 22.7 Å². The van der Waals surface area contributed by atoms with E-state index in [-0.39, 0.29) is 39.3 Å². The number of aryl methyl sites for hydroxylation is 1. The number of aromatic hydroxyl groups is 3. The molecule has 0 aromatic heterocycles. The fourth-order valence-electron chi connectivity index (χ4n) is 4.26. The van der Waals surface area contributed by atoms with Crippen LogP contribution in [-0.2, 0) is 0 Å². The lowest BCUT2D eigenvalue weighted by Crippen LogP contribution is -2.25. The van der Waals surface area contributed by atoms with E-state index in [0.717, 1.165) is 0 Å². The Hall–Kier alpha value is -3.06. The van der Waals surface area contributed by atoms with Gasteiger partial charge in [-0.3, -0.25) is 14.5 Å². The summed E-state index contributed by atoms with van der Waals surface area (Å²) in [5, 5.41) is 33.1. The van der Waals surface area contributed by atoms with E-state index in [0.29, 0.717) is 21.2 Å². The summed E-state index contributed by atoms with van der Waals surface area (Å²) < 4.78 is 0. The molecule has 0 heterocycles. The maximum absolute atomic E-state index is 13.3. The van der Waals surface area contributed by atoms with E-state index in [2.05, 4.69) is 0 Å². The third kappa shape index (κ3) is 3.41. The number of ketones is 2. The van der Waals surface area contributed by atoms with Crippen molar-refractivity contribution < 1.29 is 24.9 Å². The van der Waals surface area contributed by atoms with E-state index >= 15 is 0 Å². The molecule has 1 atom stereocenters. The van der Waals surface area contributed by atoms with E-state index in [4.69, 9.17) is 23.2 Å². The van der Waals surface area contributed by atoms with E-state index in [9.17, 15) is 24.9 Å². The van der Waals surface area contributed by atoms with Gasteiger partial charge in [0.15, 0.2) is 5.78 Å². The lowest BCUT2D eigenvalue weighted by molar-refractivity contribution is 0.0973. The summed E-state index contributed by atoms with van der Waals surface area (Å²) in [5.41, 5.74) is 0.628. The molecular weight excluding hydrogens is 453 g/mol. The van der Waals surface area contributed by atoms with Crippen LogP contribution in [0.5, 0.6) is 17.2 Å². The summed E-state index contributed by atoms with van der Waals surface area (Å²) in [4.78, 5) is 28.1. The second-order valence-electron chi connectivity index (χ2n) is 8.01. The number of hydrogen-bond acceptors (Lipinski definition) is 6. The smallest absolute Gasteiger partial charge is 0.201 e. The molecule has 0 spiro atoms. The minimum absolute atomic E-state index is 0.0169. The molecule has 3 N–H and O–H groups in total. The molecule has 1 aliphatic carbocycles. The van der Waals surface area contributed by atoms with Gasteiger partial charge in [0.25, 0.3) is 0 Å². The monoisotopic (exact) mass is 471 g/mol. The summed E-state index contributed by atoms with van der Waals surface area (Å²) in [6.45, 7) is 1.68. The summed E-state index contributed by atoms with van der Waals surface area (Å²) in [6.07, 6.45) is 0. The first-order valence-electron chi connectivity index (χ1n) is 9.65. The Balaban J connectivity index is 2.00. The summed E-state index contributed by atoms with van der Waals surface area (Å²) in [7, 11) is 3.43. The number of fused-ring (bicyclic) bond motifs is 2. The van der Waals surface area contributed by atoms with Crippen LogP contribution in [0.2, 0.25) is 10.0 Å². The summed E-state index contributed by atoms with van der Waals surface area (Å²) in [5.74, 6) is -2.52. The first-order chi connectivity index (χ1) is 15.0. The van der Waals surface area contributed by atoms with E-state index in [1.807, 2.05) is 0 Å². The molecule has 32 heavy (non-hydrogen) atoms. The van der Waals surface area contributed by atoms with Crippen LogP contribution in [0.3, 0.4) is 0 Å². The maximum atomic E-state index is 13.3. The van der Waals surface area contributed by atoms with Gasteiger partial charge < -0.3 is 15.3 Å². The van der Waals surface area contributed by atoms with Gasteiger partial charge in [0.1, 0.15) is 17.2 Å². The van der Waals surface area contributed by atoms with Gasteiger partial charge in [-0.05, 0) is 68.5 Å². The predicted octanol–water partition coefficient (Wildman–Crippen LogP) is 4.85. The highest BCUT2D eigenvalue weighted by Gasteiger charge is 2.38. The Bertz CT molecular complexity index is 1300. The SMILES string of the molecule is Cc1cc(O)c2c(c1)C(=O)c1cc(O)c(C(c3cc(Cl)cc(Cl)c3)N(C)C)c(O)c1C2=O. The van der Waals surface area contributed by atoms with Gasteiger partial charge in [-0.1, -0.05) is 23.2 Å². The number of hydrogen-bond donors (Lipinski definition) is 3. The topological polar surface area (TPSA) is 98.1 Å². The van der Waals surface area contributed by atoms with Crippen molar-refractivity contribution >= 4 is 34.8 Å². The highest BCUT2D eigenvalue weighted by atomic mass is 35.5. The third-order valence-electron chi connectivity index (χ3n) is 5.51. The fourth-order valence-corrected chi connectivity index (χ4v) is 4.80. The van der Waals surface area contributed by atoms with Gasteiger partial charge in [0.2, 0.25) is 5.78 Å². The first kappa shape index (κ1) is 22.1. The second kappa shape index (κ2) is 7.81. The van der Waals surface area contributed by atoms with Crippen LogP contribution < -0.4 is 0 Å². The molecule has 1 aliphatic rings. The standard InChI is InChI=1S/C24H19Cl2NO5/c1-10-4-14-18(16(28)5-10)23(31)19-15(22(14)30)9-17(29)20(24(19)32)21(27(2)3)11-6-12(25)8-13(26)7-11/h4-9,21,28-29,32H,1-3H3. The number of phenolic OH excluding ortho intramolecular Hbond substituents is 3. The number of phenols is 3. The van der Waals surface area contributed by atoms with Gasteiger partial charge in [-0.25, -0.2) is 0 Å². The van der Waals surface area contributed by atoms with E-state index in [1.54, 1.807) is 44.1 Å². The Morgan fingerprint density at radius 1 is 0.781 bits per heavy atom. The Kier molecular flexibility index (Phi) is 5.41. The molecule has 8 heteroatoms. The van der Waals surface area contributed by atoms with Crippen LogP contribution in [0.15, 0.2) is 36.4 Å². The molecule has 1 unspecified atom stereocenters. The van der Waals surface area contributed by atoms with Crippen molar-refractivity contribution in [3.63, 3.8) is 0 Å². The van der Waals surface area contributed by atoms with Crippen molar-refractivity contribution in [2.24, 2.45) is 0 Å². The number of rotatable bonds is 3. The van der Waals surface area contributed by atoms with Gasteiger partial charge >= 0.3 is 0 Å². The van der Waals surface area contributed by atoms with Crippen LogP contribution in [0.4, 0.5) is 0 Å². The number of benzene rings is 3. The average Bonchev–Trinajstić information content (AvgIpc) is 2.67. The van der Waals surface area contributed by atoms with Crippen molar-refractivity contribution in [1.29, 1.82) is 0 Å². The predicted molar refractivity (Wildman–Crippen MR) is 121 cm³/mol. The second-order valence-corrected chi connectivity index (χ2v) is 8.89. The largest absolute Gasteiger partial charge is 0.507 e. The molecule has 0 fully saturated rings. The van der Waals surface area contributed by atoms with Crippen LogP contribution >= 0.6 is 23.2 Å². The molecule has 3 aromatic carbocycles. The number of halogens is 2. The van der Waals surface area contributed by atoms with Crippen molar-refractivity contribution in [3.8, 4) is 17.2 Å². The summed E-state index contributed by atoms with van der Waals surface area (Å²) >= 11 is 12.3. The van der Waals surface area contributed by atoms with Gasteiger partial charge in [-0.2, -0.15) is 0 Å². The minimum atomic E-state index is -0.743. The Morgan fingerprint density at radius 2 is 1.38 bits per heavy atom. The zero-order valence-corrected chi connectivity index (χ0v) is 18.9. The lowest BCUT2D eigenvalue weighted by Gasteiger charge is -2.29. The van der Waals surface area contributed by atoms with E-state index < -0.39 is 23.4 Å². The molecule has 0 bridgehead atoms. The minimum Gasteiger partial charge on any atom is -0.507 e.